The average Bonchev–Trinajstić information content (AvgIpc) is 3.08. The van der Waals surface area contributed by atoms with Gasteiger partial charge in [-0.3, -0.25) is 9.69 Å². The molecule has 1 saturated carbocycles. The summed E-state index contributed by atoms with van der Waals surface area (Å²) in [6.07, 6.45) is 3.08. The van der Waals surface area contributed by atoms with Crippen LogP contribution in [0, 0.1) is 6.92 Å². The molecule has 2 atom stereocenters. The zero-order valence-corrected chi connectivity index (χ0v) is 13.6. The van der Waals surface area contributed by atoms with Crippen molar-refractivity contribution in [2.24, 2.45) is 0 Å². The molecule has 1 N–H and O–H groups in total. The molecule has 7 heteroatoms. The molecule has 2 heterocycles. The number of carbonyl (C=O) groups is 1. The molecule has 3 rings (SSSR count). The minimum Gasteiger partial charge on any atom is -0.391 e. The SMILES string of the molecule is Cc1noc(Cl)c1CC(=O)N1CCN([C@@H]2CCC[C@@H]2O)CC1. The van der Waals surface area contributed by atoms with Crippen LogP contribution in [-0.2, 0) is 11.2 Å². The van der Waals surface area contributed by atoms with Crippen LogP contribution in [0.5, 0.6) is 0 Å². The van der Waals surface area contributed by atoms with Gasteiger partial charge in [-0.15, -0.1) is 0 Å². The number of piperazine rings is 1. The second kappa shape index (κ2) is 6.56. The molecule has 1 aliphatic heterocycles. The summed E-state index contributed by atoms with van der Waals surface area (Å²) in [7, 11) is 0. The van der Waals surface area contributed by atoms with Crippen LogP contribution in [0.4, 0.5) is 0 Å². The van der Waals surface area contributed by atoms with E-state index in [-0.39, 0.29) is 29.7 Å². The van der Waals surface area contributed by atoms with E-state index >= 15 is 0 Å². The molecule has 1 aromatic rings. The number of hydrogen-bond acceptors (Lipinski definition) is 5. The van der Waals surface area contributed by atoms with Crippen molar-refractivity contribution in [2.75, 3.05) is 26.2 Å². The smallest absolute Gasteiger partial charge is 0.229 e. The number of aliphatic hydroxyl groups is 1. The van der Waals surface area contributed by atoms with Crippen LogP contribution in [0.2, 0.25) is 5.22 Å². The maximum absolute atomic E-state index is 12.4. The van der Waals surface area contributed by atoms with Gasteiger partial charge in [-0.1, -0.05) is 5.16 Å². The predicted molar refractivity (Wildman–Crippen MR) is 81.8 cm³/mol. The Morgan fingerprint density at radius 3 is 2.64 bits per heavy atom. The van der Waals surface area contributed by atoms with E-state index in [2.05, 4.69) is 10.1 Å². The topological polar surface area (TPSA) is 69.8 Å². The highest BCUT2D eigenvalue weighted by Crippen LogP contribution is 2.25. The summed E-state index contributed by atoms with van der Waals surface area (Å²) in [6, 6.07) is 0.270. The number of nitrogens with zero attached hydrogens (tertiary/aromatic N) is 3. The van der Waals surface area contributed by atoms with Crippen molar-refractivity contribution in [2.45, 2.75) is 44.8 Å². The first-order chi connectivity index (χ1) is 10.6. The summed E-state index contributed by atoms with van der Waals surface area (Å²) in [5, 5.41) is 14.0. The Bertz CT molecular complexity index is 521. The third-order valence-corrected chi connectivity index (χ3v) is 5.14. The summed E-state index contributed by atoms with van der Waals surface area (Å²) in [4.78, 5) is 16.6. The number of aromatic nitrogens is 1. The van der Waals surface area contributed by atoms with Gasteiger partial charge in [0.25, 0.3) is 0 Å². The molecule has 2 aliphatic rings. The standard InChI is InChI=1S/C15H22ClN3O3/c1-10-11(15(16)22-17-10)9-14(21)19-7-5-18(6-8-19)12-3-2-4-13(12)20/h12-13,20H,2-9H2,1H3/t12-,13+/m1/s1. The van der Waals surface area contributed by atoms with Gasteiger partial charge in [-0.05, 0) is 37.8 Å². The van der Waals surface area contributed by atoms with Crippen LogP contribution in [0.1, 0.15) is 30.5 Å². The molecule has 0 aromatic carbocycles. The molecule has 1 aliphatic carbocycles. The maximum atomic E-state index is 12.4. The average molecular weight is 328 g/mol. The fraction of sp³-hybridized carbons (Fsp3) is 0.733. The van der Waals surface area contributed by atoms with Crippen molar-refractivity contribution in [3.8, 4) is 0 Å². The molecular formula is C15H22ClN3O3. The Labute approximate surface area is 135 Å². The van der Waals surface area contributed by atoms with Crippen molar-refractivity contribution in [1.82, 2.24) is 15.0 Å². The van der Waals surface area contributed by atoms with Gasteiger partial charge in [0.1, 0.15) is 0 Å². The molecule has 2 fully saturated rings. The molecule has 0 unspecified atom stereocenters. The highest BCUT2D eigenvalue weighted by atomic mass is 35.5. The summed E-state index contributed by atoms with van der Waals surface area (Å²) in [5.41, 5.74) is 1.35. The minimum absolute atomic E-state index is 0.0554. The van der Waals surface area contributed by atoms with Gasteiger partial charge in [0, 0.05) is 37.8 Å². The van der Waals surface area contributed by atoms with Crippen LogP contribution < -0.4 is 0 Å². The number of carbonyl (C=O) groups excluding carboxylic acids is 1. The third kappa shape index (κ3) is 3.14. The molecule has 0 radical (unpaired) electrons. The second-order valence-electron chi connectivity index (χ2n) is 6.18. The quantitative estimate of drug-likeness (QED) is 0.904. The lowest BCUT2D eigenvalue weighted by Crippen LogP contribution is -2.53. The Kier molecular flexibility index (Phi) is 4.70. The number of hydrogen-bond donors (Lipinski definition) is 1. The van der Waals surface area contributed by atoms with Crippen LogP contribution in [-0.4, -0.2) is 64.3 Å². The first-order valence-corrected chi connectivity index (χ1v) is 8.24. The fourth-order valence-corrected chi connectivity index (χ4v) is 3.71. The summed E-state index contributed by atoms with van der Waals surface area (Å²) in [5.74, 6) is 0.0554. The van der Waals surface area contributed by atoms with E-state index in [0.717, 1.165) is 32.4 Å². The van der Waals surface area contributed by atoms with Gasteiger partial charge in [-0.2, -0.15) is 0 Å². The van der Waals surface area contributed by atoms with E-state index in [9.17, 15) is 9.90 Å². The van der Waals surface area contributed by atoms with Crippen LogP contribution in [0.25, 0.3) is 0 Å². The largest absolute Gasteiger partial charge is 0.391 e. The van der Waals surface area contributed by atoms with E-state index in [4.69, 9.17) is 16.1 Å². The van der Waals surface area contributed by atoms with Crippen molar-refractivity contribution in [3.05, 3.63) is 16.5 Å². The third-order valence-electron chi connectivity index (χ3n) is 4.84. The molecule has 122 valence electrons. The first-order valence-electron chi connectivity index (χ1n) is 7.87. The Morgan fingerprint density at radius 2 is 2.09 bits per heavy atom. The monoisotopic (exact) mass is 327 g/mol. The predicted octanol–water partition coefficient (Wildman–Crippen LogP) is 1.24. The van der Waals surface area contributed by atoms with E-state index in [1.165, 1.54) is 0 Å². The normalized spacial score (nSPS) is 26.6. The van der Waals surface area contributed by atoms with Gasteiger partial charge >= 0.3 is 0 Å². The van der Waals surface area contributed by atoms with E-state index in [1.54, 1.807) is 6.92 Å². The van der Waals surface area contributed by atoms with Crippen LogP contribution in [0.3, 0.4) is 0 Å². The van der Waals surface area contributed by atoms with Gasteiger partial charge in [0.15, 0.2) is 0 Å². The summed E-state index contributed by atoms with van der Waals surface area (Å²) < 4.78 is 4.89. The van der Waals surface area contributed by atoms with E-state index < -0.39 is 0 Å². The summed E-state index contributed by atoms with van der Waals surface area (Å²) in [6.45, 7) is 4.83. The lowest BCUT2D eigenvalue weighted by Gasteiger charge is -2.39. The Balaban J connectivity index is 1.54. The maximum Gasteiger partial charge on any atom is 0.229 e. The summed E-state index contributed by atoms with van der Waals surface area (Å²) >= 11 is 5.92. The van der Waals surface area contributed by atoms with Crippen LogP contribution in [0.15, 0.2) is 4.52 Å². The van der Waals surface area contributed by atoms with Crippen LogP contribution >= 0.6 is 11.6 Å². The highest BCUT2D eigenvalue weighted by molar-refractivity contribution is 6.29. The van der Waals surface area contributed by atoms with Gasteiger partial charge in [0.2, 0.25) is 11.1 Å². The van der Waals surface area contributed by atoms with Gasteiger partial charge in [0.05, 0.1) is 18.2 Å². The number of aryl methyl sites for hydroxylation is 1. The zero-order valence-electron chi connectivity index (χ0n) is 12.8. The van der Waals surface area contributed by atoms with Gasteiger partial charge < -0.3 is 14.5 Å². The van der Waals surface area contributed by atoms with Crippen molar-refractivity contribution < 1.29 is 14.4 Å². The molecule has 1 aromatic heterocycles. The van der Waals surface area contributed by atoms with E-state index in [1.807, 2.05) is 4.90 Å². The lowest BCUT2D eigenvalue weighted by atomic mass is 10.1. The van der Waals surface area contributed by atoms with Crippen molar-refractivity contribution in [3.63, 3.8) is 0 Å². The number of amides is 1. The van der Waals surface area contributed by atoms with E-state index in [0.29, 0.717) is 24.3 Å². The fourth-order valence-electron chi connectivity index (χ4n) is 3.47. The zero-order chi connectivity index (χ0) is 15.7. The second-order valence-corrected chi connectivity index (χ2v) is 6.52. The Morgan fingerprint density at radius 1 is 1.36 bits per heavy atom. The number of halogens is 1. The molecule has 0 spiro atoms. The van der Waals surface area contributed by atoms with Crippen molar-refractivity contribution >= 4 is 17.5 Å². The lowest BCUT2D eigenvalue weighted by molar-refractivity contribution is -0.132. The molecule has 6 nitrogen and oxygen atoms in total. The molecule has 0 bridgehead atoms. The number of aliphatic hydroxyl groups excluding tert-OH is 1. The van der Waals surface area contributed by atoms with Crippen molar-refractivity contribution in [1.29, 1.82) is 0 Å². The highest BCUT2D eigenvalue weighted by Gasteiger charge is 2.33. The molecule has 1 saturated heterocycles. The molecule has 22 heavy (non-hydrogen) atoms. The first kappa shape index (κ1) is 15.8. The number of rotatable bonds is 3. The van der Waals surface area contributed by atoms with Gasteiger partial charge in [-0.25, -0.2) is 0 Å². The minimum atomic E-state index is -0.208. The molecule has 1 amide bonds. The Hall–Kier alpha value is -1.11. The molecular weight excluding hydrogens is 306 g/mol.